The second-order valence-electron chi connectivity index (χ2n) is 6.78. The number of amides is 1. The summed E-state index contributed by atoms with van der Waals surface area (Å²) in [5, 5.41) is 3.76. The first kappa shape index (κ1) is 22.7. The first-order chi connectivity index (χ1) is 15.3. The minimum atomic E-state index is -0.329. The second-order valence-corrected chi connectivity index (χ2v) is 9.81. The number of thiazole rings is 1. The standard InChI is InChI=1S/C21H16ClFN4O2S3/c1-26-19(29)17-18(27(21(30)32-17)15-8-4-13(22)5-9-15)25-20(26)31-11-16(28)24-10-12-2-6-14(23)7-3-12/h2-9H,10-11H2,1H3,(H,24,28). The van der Waals surface area contributed by atoms with Gasteiger partial charge in [0.1, 0.15) is 10.5 Å². The predicted octanol–water partition coefficient (Wildman–Crippen LogP) is 4.72. The monoisotopic (exact) mass is 506 g/mol. The van der Waals surface area contributed by atoms with E-state index in [-0.39, 0.29) is 29.6 Å². The molecule has 0 saturated carbocycles. The molecule has 1 amide bonds. The maximum Gasteiger partial charge on any atom is 0.273 e. The van der Waals surface area contributed by atoms with Gasteiger partial charge in [0.15, 0.2) is 14.8 Å². The minimum absolute atomic E-state index is 0.0682. The van der Waals surface area contributed by atoms with E-state index in [0.717, 1.165) is 23.0 Å². The maximum absolute atomic E-state index is 13.0. The number of fused-ring (bicyclic) bond motifs is 1. The molecule has 0 aliphatic heterocycles. The third-order valence-electron chi connectivity index (χ3n) is 4.59. The quantitative estimate of drug-likeness (QED) is 0.233. The lowest BCUT2D eigenvalue weighted by Crippen LogP contribution is -2.25. The first-order valence-electron chi connectivity index (χ1n) is 9.36. The van der Waals surface area contributed by atoms with Crippen molar-refractivity contribution in [3.05, 3.63) is 79.2 Å². The molecular formula is C21H16ClFN4O2S3. The summed E-state index contributed by atoms with van der Waals surface area (Å²) in [6.07, 6.45) is 0. The molecule has 164 valence electrons. The van der Waals surface area contributed by atoms with E-state index in [4.69, 9.17) is 23.8 Å². The Morgan fingerprint density at radius 3 is 2.59 bits per heavy atom. The number of aromatic nitrogens is 3. The van der Waals surface area contributed by atoms with Gasteiger partial charge in [0.05, 0.1) is 5.75 Å². The van der Waals surface area contributed by atoms with Gasteiger partial charge in [-0.15, -0.1) is 0 Å². The van der Waals surface area contributed by atoms with E-state index < -0.39 is 0 Å². The molecule has 2 aromatic heterocycles. The van der Waals surface area contributed by atoms with E-state index in [1.807, 2.05) is 0 Å². The Labute approximate surface area is 200 Å². The van der Waals surface area contributed by atoms with Crippen LogP contribution in [0.3, 0.4) is 0 Å². The van der Waals surface area contributed by atoms with Crippen molar-refractivity contribution in [3.63, 3.8) is 0 Å². The number of thioether (sulfide) groups is 1. The Kier molecular flexibility index (Phi) is 6.75. The largest absolute Gasteiger partial charge is 0.351 e. The highest BCUT2D eigenvalue weighted by Crippen LogP contribution is 2.26. The molecule has 0 bridgehead atoms. The van der Waals surface area contributed by atoms with Gasteiger partial charge in [0, 0.05) is 24.3 Å². The van der Waals surface area contributed by atoms with E-state index in [1.54, 1.807) is 48.0 Å². The highest BCUT2D eigenvalue weighted by molar-refractivity contribution is 7.99. The van der Waals surface area contributed by atoms with Crippen molar-refractivity contribution in [2.24, 2.45) is 7.05 Å². The van der Waals surface area contributed by atoms with E-state index in [1.165, 1.54) is 28.0 Å². The predicted molar refractivity (Wildman–Crippen MR) is 129 cm³/mol. The highest BCUT2D eigenvalue weighted by atomic mass is 35.5. The van der Waals surface area contributed by atoms with Gasteiger partial charge in [-0.25, -0.2) is 9.37 Å². The number of carbonyl (C=O) groups is 1. The molecular weight excluding hydrogens is 491 g/mol. The molecule has 0 aliphatic rings. The van der Waals surface area contributed by atoms with E-state index in [0.29, 0.717) is 24.5 Å². The Hall–Kier alpha value is -2.53. The van der Waals surface area contributed by atoms with Crippen molar-refractivity contribution in [1.29, 1.82) is 0 Å². The summed E-state index contributed by atoms with van der Waals surface area (Å²) in [6.45, 7) is 0.283. The smallest absolute Gasteiger partial charge is 0.273 e. The van der Waals surface area contributed by atoms with Gasteiger partial charge in [0.25, 0.3) is 5.56 Å². The van der Waals surface area contributed by atoms with Crippen LogP contribution in [0.25, 0.3) is 16.0 Å². The van der Waals surface area contributed by atoms with Gasteiger partial charge in [-0.3, -0.25) is 18.7 Å². The van der Waals surface area contributed by atoms with Crippen LogP contribution in [0, 0.1) is 9.77 Å². The van der Waals surface area contributed by atoms with E-state index in [9.17, 15) is 14.0 Å². The number of benzene rings is 2. The summed E-state index contributed by atoms with van der Waals surface area (Å²) in [5.41, 5.74) is 1.75. The number of hydrogen-bond donors (Lipinski definition) is 1. The highest BCUT2D eigenvalue weighted by Gasteiger charge is 2.17. The molecule has 2 heterocycles. The minimum Gasteiger partial charge on any atom is -0.351 e. The SMILES string of the molecule is Cn1c(SCC(=O)NCc2ccc(F)cc2)nc2c(sc(=S)n2-c2ccc(Cl)cc2)c1=O. The van der Waals surface area contributed by atoms with E-state index >= 15 is 0 Å². The Balaban J connectivity index is 1.56. The second kappa shape index (κ2) is 9.53. The summed E-state index contributed by atoms with van der Waals surface area (Å²) in [4.78, 5) is 29.8. The lowest BCUT2D eigenvalue weighted by Gasteiger charge is -2.09. The van der Waals surface area contributed by atoms with Crippen LogP contribution in [0.4, 0.5) is 4.39 Å². The topological polar surface area (TPSA) is 68.9 Å². The zero-order valence-corrected chi connectivity index (χ0v) is 19.9. The Morgan fingerprint density at radius 2 is 1.91 bits per heavy atom. The molecule has 0 aliphatic carbocycles. The number of halogens is 2. The molecule has 0 spiro atoms. The van der Waals surface area contributed by atoms with E-state index in [2.05, 4.69) is 10.3 Å². The summed E-state index contributed by atoms with van der Waals surface area (Å²) < 4.78 is 17.1. The van der Waals surface area contributed by atoms with Crippen molar-refractivity contribution in [2.45, 2.75) is 11.7 Å². The first-order valence-corrected chi connectivity index (χ1v) is 11.9. The summed E-state index contributed by atoms with van der Waals surface area (Å²) >= 11 is 13.8. The van der Waals surface area contributed by atoms with Gasteiger partial charge in [-0.05, 0) is 54.2 Å². The van der Waals surface area contributed by atoms with Crippen LogP contribution in [-0.2, 0) is 18.4 Å². The molecule has 0 unspecified atom stereocenters. The van der Waals surface area contributed by atoms with Gasteiger partial charge in [-0.2, -0.15) is 0 Å². The zero-order valence-electron chi connectivity index (χ0n) is 16.7. The molecule has 32 heavy (non-hydrogen) atoms. The van der Waals surface area contributed by atoms with Gasteiger partial charge < -0.3 is 5.32 Å². The van der Waals surface area contributed by atoms with Crippen LogP contribution in [0.15, 0.2) is 58.5 Å². The van der Waals surface area contributed by atoms with Gasteiger partial charge in [0.2, 0.25) is 5.91 Å². The van der Waals surface area contributed by atoms with Crippen molar-refractivity contribution in [3.8, 4) is 5.69 Å². The molecule has 4 aromatic rings. The normalized spacial score (nSPS) is 11.1. The average molecular weight is 507 g/mol. The number of carbonyl (C=O) groups excluding carboxylic acids is 1. The molecule has 0 radical (unpaired) electrons. The van der Waals surface area contributed by atoms with Crippen LogP contribution in [0.2, 0.25) is 5.02 Å². The number of rotatable bonds is 6. The van der Waals surface area contributed by atoms with Gasteiger partial charge in [-0.1, -0.05) is 46.8 Å². The molecule has 1 N–H and O–H groups in total. The lowest BCUT2D eigenvalue weighted by atomic mass is 10.2. The van der Waals surface area contributed by atoms with Crippen LogP contribution < -0.4 is 10.9 Å². The number of nitrogens with one attached hydrogen (secondary N) is 1. The van der Waals surface area contributed by atoms with Crippen molar-refractivity contribution < 1.29 is 9.18 Å². The third kappa shape index (κ3) is 4.78. The molecule has 2 aromatic carbocycles. The van der Waals surface area contributed by atoms with Crippen molar-refractivity contribution in [1.82, 2.24) is 19.4 Å². The Morgan fingerprint density at radius 1 is 1.22 bits per heavy atom. The van der Waals surface area contributed by atoms with Crippen LogP contribution in [0.1, 0.15) is 5.56 Å². The van der Waals surface area contributed by atoms with Gasteiger partial charge >= 0.3 is 0 Å². The fraction of sp³-hybridized carbons (Fsp3) is 0.143. The molecule has 0 saturated heterocycles. The number of nitrogens with zero attached hydrogens (tertiary/aromatic N) is 3. The van der Waals surface area contributed by atoms with Crippen LogP contribution in [0.5, 0.6) is 0 Å². The van der Waals surface area contributed by atoms with Crippen LogP contribution in [-0.4, -0.2) is 25.8 Å². The van der Waals surface area contributed by atoms with Crippen molar-refractivity contribution >= 4 is 63.2 Å². The molecule has 0 atom stereocenters. The Bertz CT molecular complexity index is 1410. The molecule has 11 heteroatoms. The zero-order chi connectivity index (χ0) is 22.8. The molecule has 4 rings (SSSR count). The fourth-order valence-electron chi connectivity index (χ4n) is 2.94. The summed E-state index contributed by atoms with van der Waals surface area (Å²) in [5.74, 6) is -0.489. The lowest BCUT2D eigenvalue weighted by molar-refractivity contribution is -0.118. The fourth-order valence-corrected chi connectivity index (χ4v) is 5.21. The maximum atomic E-state index is 13.0. The third-order valence-corrected chi connectivity index (χ3v) is 7.23. The molecule has 6 nitrogen and oxygen atoms in total. The van der Waals surface area contributed by atoms with Crippen molar-refractivity contribution in [2.75, 3.05) is 5.75 Å². The molecule has 0 fully saturated rings. The van der Waals surface area contributed by atoms with Crippen LogP contribution >= 0.6 is 46.9 Å². The average Bonchev–Trinajstić information content (AvgIpc) is 3.11. The summed E-state index contributed by atoms with van der Waals surface area (Å²) in [6, 6.07) is 13.0. The number of hydrogen-bond acceptors (Lipinski definition) is 6. The summed E-state index contributed by atoms with van der Waals surface area (Å²) in [7, 11) is 1.61.